The minimum atomic E-state index is 1.17. The number of aromatic nitrogens is 1. The van der Waals surface area contributed by atoms with Crippen LogP contribution in [0, 0.1) is 0 Å². The summed E-state index contributed by atoms with van der Waals surface area (Å²) in [4.78, 5) is 6.02. The summed E-state index contributed by atoms with van der Waals surface area (Å²) in [6.07, 6.45) is 4.40. The summed E-state index contributed by atoms with van der Waals surface area (Å²) in [6, 6.07) is 30.0. The molecule has 0 unspecified atom stereocenters. The van der Waals surface area contributed by atoms with Gasteiger partial charge in [-0.3, -0.25) is 0 Å². The van der Waals surface area contributed by atoms with E-state index in [1.165, 1.54) is 54.1 Å². The van der Waals surface area contributed by atoms with Crippen molar-refractivity contribution in [2.45, 2.75) is 9.79 Å². The molecule has 0 saturated carbocycles. The zero-order chi connectivity index (χ0) is 19.2. The van der Waals surface area contributed by atoms with Crippen molar-refractivity contribution >= 4 is 57.1 Å². The Morgan fingerprint density at radius 2 is 1.48 bits per heavy atom. The Morgan fingerprint density at radius 3 is 2.48 bits per heavy atom. The third-order valence-corrected chi connectivity index (χ3v) is 6.55. The number of hydrogen-bond donors (Lipinski definition) is 2. The zero-order valence-corrected chi connectivity index (χ0v) is 16.5. The normalized spacial score (nSPS) is 12.8. The molecule has 0 saturated heterocycles. The van der Waals surface area contributed by atoms with Crippen molar-refractivity contribution in [1.82, 2.24) is 4.98 Å². The number of hydrogen-bond acceptors (Lipinski definition) is 2. The van der Waals surface area contributed by atoms with Crippen molar-refractivity contribution in [3.8, 4) is 0 Å². The lowest BCUT2D eigenvalue weighted by Gasteiger charge is -2.22. The predicted molar refractivity (Wildman–Crippen MR) is 125 cm³/mol. The van der Waals surface area contributed by atoms with Gasteiger partial charge in [-0.1, -0.05) is 72.4 Å². The van der Waals surface area contributed by atoms with Crippen molar-refractivity contribution in [2.75, 3.05) is 5.32 Å². The molecular weight excluding hydrogens is 372 g/mol. The van der Waals surface area contributed by atoms with E-state index in [0.29, 0.717) is 0 Å². The average Bonchev–Trinajstić information content (AvgIpc) is 3.14. The molecule has 4 aromatic carbocycles. The number of benzene rings is 4. The van der Waals surface area contributed by atoms with Gasteiger partial charge < -0.3 is 10.3 Å². The third kappa shape index (κ3) is 2.82. The standard InChI is InChI=1S/C26H18N2S/c1-2-8-21-19(7-1)20-16-17(13-15-22(20)27-21)12-14-18-6-5-11-25-26(18)28-23-9-3-4-10-24(23)29-25/h1-16,27-28H. The summed E-state index contributed by atoms with van der Waals surface area (Å²) >= 11 is 1.82. The minimum Gasteiger partial charge on any atom is -0.355 e. The number of aromatic amines is 1. The van der Waals surface area contributed by atoms with Gasteiger partial charge in [0.25, 0.3) is 0 Å². The lowest BCUT2D eigenvalue weighted by Crippen LogP contribution is -2.01. The Labute approximate surface area is 173 Å². The van der Waals surface area contributed by atoms with Crippen LogP contribution in [0.2, 0.25) is 0 Å². The second-order valence-corrected chi connectivity index (χ2v) is 8.34. The first-order valence-corrected chi connectivity index (χ1v) is 10.5. The van der Waals surface area contributed by atoms with Crippen LogP contribution in [-0.4, -0.2) is 4.98 Å². The number of H-pyrrole nitrogens is 1. The lowest BCUT2D eigenvalue weighted by molar-refractivity contribution is 1.31. The van der Waals surface area contributed by atoms with Gasteiger partial charge in [-0.2, -0.15) is 0 Å². The summed E-state index contributed by atoms with van der Waals surface area (Å²) in [7, 11) is 0. The largest absolute Gasteiger partial charge is 0.355 e. The van der Waals surface area contributed by atoms with Crippen molar-refractivity contribution in [2.24, 2.45) is 0 Å². The van der Waals surface area contributed by atoms with Gasteiger partial charge >= 0.3 is 0 Å². The number of anilines is 2. The zero-order valence-electron chi connectivity index (χ0n) is 15.6. The highest BCUT2D eigenvalue weighted by Gasteiger charge is 2.16. The van der Waals surface area contributed by atoms with Crippen LogP contribution >= 0.6 is 11.8 Å². The highest BCUT2D eigenvalue weighted by Crippen LogP contribution is 2.45. The number of fused-ring (bicyclic) bond motifs is 5. The van der Waals surface area contributed by atoms with Crippen LogP contribution in [0.5, 0.6) is 0 Å². The number of nitrogens with one attached hydrogen (secondary N) is 2. The van der Waals surface area contributed by atoms with Gasteiger partial charge in [0.05, 0.1) is 11.4 Å². The van der Waals surface area contributed by atoms with Gasteiger partial charge in [-0.05, 0) is 47.5 Å². The van der Waals surface area contributed by atoms with Gasteiger partial charge in [-0.25, -0.2) is 0 Å². The molecule has 2 nitrogen and oxygen atoms in total. The molecule has 2 heterocycles. The predicted octanol–water partition coefficient (Wildman–Crippen LogP) is 7.70. The highest BCUT2D eigenvalue weighted by atomic mass is 32.2. The van der Waals surface area contributed by atoms with Crippen LogP contribution in [0.25, 0.3) is 34.0 Å². The molecule has 0 fully saturated rings. The van der Waals surface area contributed by atoms with Crippen LogP contribution < -0.4 is 5.32 Å². The molecule has 0 atom stereocenters. The molecule has 1 aromatic heterocycles. The van der Waals surface area contributed by atoms with Crippen LogP contribution in [0.1, 0.15) is 11.1 Å². The Morgan fingerprint density at radius 1 is 0.655 bits per heavy atom. The maximum absolute atomic E-state index is 3.62. The van der Waals surface area contributed by atoms with E-state index in [-0.39, 0.29) is 0 Å². The molecule has 1 aliphatic heterocycles. The smallest absolute Gasteiger partial charge is 0.0599 e. The van der Waals surface area contributed by atoms with Crippen molar-refractivity contribution in [1.29, 1.82) is 0 Å². The van der Waals surface area contributed by atoms with Gasteiger partial charge in [0.2, 0.25) is 0 Å². The first-order chi connectivity index (χ1) is 14.3. The SMILES string of the molecule is C(=Cc1cccc2c1Nc1ccccc1S2)c1ccc2[nH]c3ccccc3c2c1. The highest BCUT2D eigenvalue weighted by molar-refractivity contribution is 7.99. The van der Waals surface area contributed by atoms with E-state index in [9.17, 15) is 0 Å². The van der Waals surface area contributed by atoms with E-state index in [1.807, 2.05) is 11.8 Å². The average molecular weight is 391 g/mol. The lowest BCUT2D eigenvalue weighted by atomic mass is 10.1. The summed E-state index contributed by atoms with van der Waals surface area (Å²) < 4.78 is 0. The quantitative estimate of drug-likeness (QED) is 0.296. The fraction of sp³-hybridized carbons (Fsp3) is 0. The molecule has 3 heteroatoms. The first kappa shape index (κ1) is 16.5. The molecule has 2 N–H and O–H groups in total. The number of rotatable bonds is 2. The summed E-state index contributed by atoms with van der Waals surface area (Å²) in [5, 5.41) is 6.15. The minimum absolute atomic E-state index is 1.17. The molecule has 1 aliphatic rings. The molecule has 29 heavy (non-hydrogen) atoms. The second kappa shape index (κ2) is 6.57. The van der Waals surface area contributed by atoms with E-state index in [0.717, 1.165) is 0 Å². The molecule has 0 radical (unpaired) electrons. The maximum Gasteiger partial charge on any atom is 0.0599 e. The van der Waals surface area contributed by atoms with Crippen molar-refractivity contribution in [3.05, 3.63) is 96.1 Å². The molecule has 0 spiro atoms. The summed E-state index contributed by atoms with van der Waals surface area (Å²) in [5.41, 5.74) is 7.11. The van der Waals surface area contributed by atoms with Gasteiger partial charge in [-0.15, -0.1) is 0 Å². The molecule has 0 amide bonds. The second-order valence-electron chi connectivity index (χ2n) is 7.25. The molecule has 0 aliphatic carbocycles. The Kier molecular flexibility index (Phi) is 3.74. The third-order valence-electron chi connectivity index (χ3n) is 5.41. The Bertz CT molecular complexity index is 1410. The molecule has 6 rings (SSSR count). The topological polar surface area (TPSA) is 27.8 Å². The van der Waals surface area contributed by atoms with Crippen LogP contribution in [0.3, 0.4) is 0 Å². The molecule has 138 valence electrons. The number of para-hydroxylation sites is 3. The Balaban J connectivity index is 1.39. The molecule has 5 aromatic rings. The Hall–Kier alpha value is -3.43. The van der Waals surface area contributed by atoms with Gasteiger partial charge in [0.15, 0.2) is 0 Å². The van der Waals surface area contributed by atoms with E-state index >= 15 is 0 Å². The van der Waals surface area contributed by atoms with Crippen molar-refractivity contribution in [3.63, 3.8) is 0 Å². The first-order valence-electron chi connectivity index (χ1n) is 9.71. The maximum atomic E-state index is 3.62. The van der Waals surface area contributed by atoms with E-state index in [4.69, 9.17) is 0 Å². The van der Waals surface area contributed by atoms with E-state index in [2.05, 4.69) is 107 Å². The van der Waals surface area contributed by atoms with E-state index < -0.39 is 0 Å². The molecular formula is C26H18N2S. The molecule has 0 bridgehead atoms. The van der Waals surface area contributed by atoms with Crippen LogP contribution in [0.4, 0.5) is 11.4 Å². The van der Waals surface area contributed by atoms with Gasteiger partial charge in [0.1, 0.15) is 0 Å². The fourth-order valence-electron chi connectivity index (χ4n) is 3.97. The van der Waals surface area contributed by atoms with Crippen LogP contribution in [0.15, 0.2) is 94.7 Å². The van der Waals surface area contributed by atoms with Gasteiger partial charge in [0, 0.05) is 31.6 Å². The monoisotopic (exact) mass is 390 g/mol. The van der Waals surface area contributed by atoms with Crippen LogP contribution in [-0.2, 0) is 0 Å². The summed E-state index contributed by atoms with van der Waals surface area (Å²) in [6.45, 7) is 0. The van der Waals surface area contributed by atoms with Crippen molar-refractivity contribution < 1.29 is 0 Å². The summed E-state index contributed by atoms with van der Waals surface area (Å²) in [5.74, 6) is 0. The fourth-order valence-corrected chi connectivity index (χ4v) is 5.00. The van der Waals surface area contributed by atoms with E-state index in [1.54, 1.807) is 0 Å².